The van der Waals surface area contributed by atoms with Crippen LogP contribution in [0.5, 0.6) is 0 Å². The van der Waals surface area contributed by atoms with E-state index in [0.717, 1.165) is 12.2 Å². The molecule has 0 unspecified atom stereocenters. The summed E-state index contributed by atoms with van der Waals surface area (Å²) in [6.07, 6.45) is 1.00. The third-order valence-electron chi connectivity index (χ3n) is 6.64. The van der Waals surface area contributed by atoms with Crippen molar-refractivity contribution in [1.29, 1.82) is 0 Å². The van der Waals surface area contributed by atoms with Crippen LogP contribution in [0, 0.1) is 10.8 Å². The van der Waals surface area contributed by atoms with E-state index in [9.17, 15) is 4.79 Å². The molecule has 0 amide bonds. The van der Waals surface area contributed by atoms with E-state index in [1.54, 1.807) is 0 Å². The van der Waals surface area contributed by atoms with E-state index < -0.39 is 0 Å². The van der Waals surface area contributed by atoms with Crippen LogP contribution in [0.3, 0.4) is 0 Å². The monoisotopic (exact) mass is 350 g/mol. The summed E-state index contributed by atoms with van der Waals surface area (Å²) in [5.74, 6) is 2.07. The molecule has 25 heavy (non-hydrogen) atoms. The van der Waals surface area contributed by atoms with E-state index in [1.165, 1.54) is 11.1 Å². The molecule has 0 radical (unpaired) electrons. The quantitative estimate of drug-likeness (QED) is 0.706. The summed E-state index contributed by atoms with van der Waals surface area (Å²) in [7, 11) is 0. The third-order valence-corrected chi connectivity index (χ3v) is 8.03. The third kappa shape index (κ3) is 2.26. The molecule has 2 saturated carbocycles. The fraction of sp³-hybridized carbons (Fsp3) is 0.435. The fourth-order valence-electron chi connectivity index (χ4n) is 5.63. The molecule has 2 aliphatic carbocycles. The Hall–Kier alpha value is -1.54. The Morgan fingerprint density at radius 1 is 0.920 bits per heavy atom. The lowest BCUT2D eigenvalue weighted by atomic mass is 9.62. The summed E-state index contributed by atoms with van der Waals surface area (Å²) in [4.78, 5) is 13.7. The first-order chi connectivity index (χ1) is 12.0. The van der Waals surface area contributed by atoms with Crippen LogP contribution in [0.1, 0.15) is 50.2 Å². The minimum atomic E-state index is -0.280. The van der Waals surface area contributed by atoms with Gasteiger partial charge in [0, 0.05) is 27.9 Å². The molecule has 2 heteroatoms. The van der Waals surface area contributed by atoms with Gasteiger partial charge in [-0.1, -0.05) is 81.4 Å². The molecule has 0 heterocycles. The zero-order chi connectivity index (χ0) is 17.7. The number of Topliss-reactive ketones (excluding diaryl/α,β-unsaturated/α-hetero) is 1. The van der Waals surface area contributed by atoms with Gasteiger partial charge >= 0.3 is 0 Å². The predicted octanol–water partition coefficient (Wildman–Crippen LogP) is 5.67. The molecule has 2 aromatic carbocycles. The summed E-state index contributed by atoms with van der Waals surface area (Å²) in [6.45, 7) is 6.68. The molecule has 0 N–H and O–H groups in total. The zero-order valence-corrected chi connectivity index (χ0v) is 16.1. The van der Waals surface area contributed by atoms with Crippen LogP contribution in [0.25, 0.3) is 0 Å². The Bertz CT molecular complexity index is 771. The molecule has 5 atom stereocenters. The molecule has 0 aliphatic heterocycles. The van der Waals surface area contributed by atoms with E-state index in [0.29, 0.717) is 11.0 Å². The van der Waals surface area contributed by atoms with Crippen LogP contribution in [-0.2, 0) is 4.79 Å². The van der Waals surface area contributed by atoms with Crippen LogP contribution in [-0.4, -0.2) is 16.8 Å². The maximum absolute atomic E-state index is 13.7. The summed E-state index contributed by atoms with van der Waals surface area (Å²) in [5, 5.41) is 0.417. The first-order valence-corrected chi connectivity index (χ1v) is 10.3. The van der Waals surface area contributed by atoms with Crippen molar-refractivity contribution < 1.29 is 4.79 Å². The minimum absolute atomic E-state index is 0.256. The lowest BCUT2D eigenvalue weighted by Crippen LogP contribution is -2.38. The van der Waals surface area contributed by atoms with E-state index in [4.69, 9.17) is 0 Å². The first-order valence-electron chi connectivity index (χ1n) is 9.30. The Balaban J connectivity index is 1.91. The number of carbonyl (C=O) groups excluding carboxylic acids is 1. The number of thioether (sulfide) groups is 1. The van der Waals surface area contributed by atoms with Crippen LogP contribution in [0.15, 0.2) is 60.7 Å². The van der Waals surface area contributed by atoms with Crippen LogP contribution < -0.4 is 0 Å². The van der Waals surface area contributed by atoms with Crippen molar-refractivity contribution >= 4 is 17.5 Å². The standard InChI is InChI=1S/C23H26OS/c1-4-25-18-15-22(2)19(16-11-7-5-8-12-16)20(23(18,3)21(22)24)17-13-9-6-10-14-17/h5-14,18-20H,4,15H2,1-3H3/t18-,19+,20+,22+,23-/m0/s1. The highest BCUT2D eigenvalue weighted by molar-refractivity contribution is 7.99. The van der Waals surface area contributed by atoms with Gasteiger partial charge in [0.2, 0.25) is 0 Å². The van der Waals surface area contributed by atoms with Crippen LogP contribution >= 0.6 is 11.8 Å². The SMILES string of the molecule is CCS[C@H]1C[C@@]2(C)C(=O)[C@]1(C)[C@H](c1ccccc1)[C@H]2c1ccccc1. The first kappa shape index (κ1) is 16.9. The predicted molar refractivity (Wildman–Crippen MR) is 106 cm³/mol. The van der Waals surface area contributed by atoms with Crippen molar-refractivity contribution in [3.8, 4) is 0 Å². The van der Waals surface area contributed by atoms with Gasteiger partial charge in [0.25, 0.3) is 0 Å². The number of ketones is 1. The summed E-state index contributed by atoms with van der Waals surface area (Å²) in [5.41, 5.74) is 2.09. The topological polar surface area (TPSA) is 17.1 Å². The van der Waals surface area contributed by atoms with E-state index in [-0.39, 0.29) is 22.7 Å². The van der Waals surface area contributed by atoms with E-state index in [1.807, 2.05) is 11.8 Å². The second-order valence-electron chi connectivity index (χ2n) is 7.95. The molecule has 2 fully saturated rings. The smallest absolute Gasteiger partial charge is 0.147 e. The molecule has 0 spiro atoms. The average Bonchev–Trinajstić information content (AvgIpc) is 2.94. The van der Waals surface area contributed by atoms with Crippen molar-refractivity contribution in [2.75, 3.05) is 5.75 Å². The fourth-order valence-corrected chi connectivity index (χ4v) is 7.09. The molecule has 1 nitrogen and oxygen atoms in total. The van der Waals surface area contributed by atoms with Crippen molar-refractivity contribution in [3.63, 3.8) is 0 Å². The van der Waals surface area contributed by atoms with Gasteiger partial charge in [-0.15, -0.1) is 0 Å². The number of hydrogen-bond acceptors (Lipinski definition) is 2. The Kier molecular flexibility index (Phi) is 4.07. The summed E-state index contributed by atoms with van der Waals surface area (Å²) < 4.78 is 0. The van der Waals surface area contributed by atoms with E-state index in [2.05, 4.69) is 81.4 Å². The molecular weight excluding hydrogens is 324 g/mol. The molecule has 0 saturated heterocycles. The van der Waals surface area contributed by atoms with Crippen molar-refractivity contribution in [2.24, 2.45) is 10.8 Å². The Morgan fingerprint density at radius 3 is 1.96 bits per heavy atom. The van der Waals surface area contributed by atoms with Gasteiger partial charge in [0.05, 0.1) is 0 Å². The number of carbonyl (C=O) groups is 1. The molecule has 0 aromatic heterocycles. The second-order valence-corrected chi connectivity index (χ2v) is 9.43. The van der Waals surface area contributed by atoms with E-state index >= 15 is 0 Å². The second kappa shape index (κ2) is 6.02. The normalized spacial score (nSPS) is 36.8. The van der Waals surface area contributed by atoms with Gasteiger partial charge in [-0.05, 0) is 23.3 Å². The highest BCUT2D eigenvalue weighted by Crippen LogP contribution is 2.72. The number of benzene rings is 2. The number of fused-ring (bicyclic) bond motifs is 2. The largest absolute Gasteiger partial charge is 0.298 e. The maximum Gasteiger partial charge on any atom is 0.147 e. The highest BCUT2D eigenvalue weighted by Gasteiger charge is 2.72. The van der Waals surface area contributed by atoms with Gasteiger partial charge in [-0.3, -0.25) is 4.79 Å². The molecule has 2 aromatic rings. The summed E-state index contributed by atoms with van der Waals surface area (Å²) in [6, 6.07) is 21.4. The lowest BCUT2D eigenvalue weighted by molar-refractivity contribution is -0.128. The molecule has 2 aliphatic rings. The van der Waals surface area contributed by atoms with Crippen LogP contribution in [0.2, 0.25) is 0 Å². The van der Waals surface area contributed by atoms with Gasteiger partial charge < -0.3 is 0 Å². The van der Waals surface area contributed by atoms with Gasteiger partial charge in [0.1, 0.15) is 5.78 Å². The molecular formula is C23H26OS. The number of rotatable bonds is 4. The Labute approximate surface area is 155 Å². The average molecular weight is 351 g/mol. The van der Waals surface area contributed by atoms with Crippen LogP contribution in [0.4, 0.5) is 0 Å². The molecule has 2 bridgehead atoms. The highest BCUT2D eigenvalue weighted by atomic mass is 32.2. The van der Waals surface area contributed by atoms with Gasteiger partial charge in [-0.25, -0.2) is 0 Å². The van der Waals surface area contributed by atoms with Gasteiger partial charge in [-0.2, -0.15) is 11.8 Å². The lowest BCUT2D eigenvalue weighted by Gasteiger charge is -2.43. The van der Waals surface area contributed by atoms with Crippen molar-refractivity contribution in [2.45, 2.75) is 44.3 Å². The minimum Gasteiger partial charge on any atom is -0.298 e. The molecule has 4 rings (SSSR count). The zero-order valence-electron chi connectivity index (χ0n) is 15.2. The molecule has 130 valence electrons. The Morgan fingerprint density at radius 2 is 1.44 bits per heavy atom. The summed E-state index contributed by atoms with van der Waals surface area (Å²) >= 11 is 1.98. The van der Waals surface area contributed by atoms with Crippen molar-refractivity contribution in [1.82, 2.24) is 0 Å². The van der Waals surface area contributed by atoms with Gasteiger partial charge in [0.15, 0.2) is 0 Å². The number of hydrogen-bond donors (Lipinski definition) is 0. The van der Waals surface area contributed by atoms with Crippen molar-refractivity contribution in [3.05, 3.63) is 71.8 Å². The maximum atomic E-state index is 13.7.